The third-order valence-corrected chi connectivity index (χ3v) is 5.95. The van der Waals surface area contributed by atoms with Crippen LogP contribution < -0.4 is 4.72 Å². The smallest absolute Gasteiger partial charge is 0.326 e. The number of anilines is 1. The number of benzene rings is 2. The summed E-state index contributed by atoms with van der Waals surface area (Å²) < 4.78 is 81.7. The standard InChI is InChI=1S/C23H27F6NS.C2H6/c1-12(2)15-7-19(13(3)4)21(20(8-15)14(5)6)31-30-18-10-16(22(24,25)26)9-17(11-18)23(27,28)29;1-2/h7-14,30H,1-6H3;1-2H3. The highest BCUT2D eigenvalue weighted by molar-refractivity contribution is 8.00. The molecule has 0 aliphatic carbocycles. The summed E-state index contributed by atoms with van der Waals surface area (Å²) >= 11 is 1.06. The molecule has 0 amide bonds. The van der Waals surface area contributed by atoms with Gasteiger partial charge < -0.3 is 4.72 Å². The molecule has 1 nitrogen and oxygen atoms in total. The van der Waals surface area contributed by atoms with Crippen molar-refractivity contribution in [1.29, 1.82) is 0 Å². The first kappa shape index (κ1) is 29.2. The van der Waals surface area contributed by atoms with E-state index in [1.54, 1.807) is 0 Å². The minimum absolute atomic E-state index is 0.131. The Morgan fingerprint density at radius 1 is 0.636 bits per heavy atom. The summed E-state index contributed by atoms with van der Waals surface area (Å²) in [6.45, 7) is 16.2. The molecule has 2 aromatic carbocycles. The van der Waals surface area contributed by atoms with E-state index in [0.717, 1.165) is 33.5 Å². The van der Waals surface area contributed by atoms with E-state index < -0.39 is 23.5 Å². The first-order valence-electron chi connectivity index (χ1n) is 11.0. The van der Waals surface area contributed by atoms with Gasteiger partial charge in [-0.15, -0.1) is 0 Å². The molecular weight excluding hydrogens is 460 g/mol. The Hall–Kier alpha value is -1.83. The molecule has 0 atom stereocenters. The van der Waals surface area contributed by atoms with Gasteiger partial charge in [-0.1, -0.05) is 67.5 Å². The second-order valence-corrected chi connectivity index (χ2v) is 9.31. The number of alkyl halides is 6. The first-order chi connectivity index (χ1) is 15.1. The van der Waals surface area contributed by atoms with Crippen molar-refractivity contribution in [2.75, 3.05) is 4.72 Å². The van der Waals surface area contributed by atoms with Crippen LogP contribution in [0.15, 0.2) is 35.2 Å². The van der Waals surface area contributed by atoms with E-state index in [9.17, 15) is 26.3 Å². The largest absolute Gasteiger partial charge is 0.416 e. The van der Waals surface area contributed by atoms with Crippen molar-refractivity contribution in [2.24, 2.45) is 0 Å². The van der Waals surface area contributed by atoms with E-state index in [1.165, 1.54) is 0 Å². The van der Waals surface area contributed by atoms with Gasteiger partial charge in [0.25, 0.3) is 0 Å². The maximum atomic E-state index is 13.2. The predicted octanol–water partition coefficient (Wildman–Crippen LogP) is 10.2. The summed E-state index contributed by atoms with van der Waals surface area (Å²) in [5.74, 6) is 0.556. The van der Waals surface area contributed by atoms with Gasteiger partial charge in [0.05, 0.1) is 11.1 Å². The normalized spacial score (nSPS) is 12.3. The Morgan fingerprint density at radius 2 is 1.03 bits per heavy atom. The van der Waals surface area contributed by atoms with E-state index in [1.807, 2.05) is 41.5 Å². The third kappa shape index (κ3) is 7.87. The van der Waals surface area contributed by atoms with Gasteiger partial charge in [0, 0.05) is 10.6 Å². The lowest BCUT2D eigenvalue weighted by Gasteiger charge is -2.23. The van der Waals surface area contributed by atoms with Crippen LogP contribution in [0.1, 0.15) is 101 Å². The summed E-state index contributed by atoms with van der Waals surface area (Å²) in [4.78, 5) is 0.834. The van der Waals surface area contributed by atoms with E-state index in [2.05, 4.69) is 30.7 Å². The highest BCUT2D eigenvalue weighted by Crippen LogP contribution is 2.41. The fourth-order valence-corrected chi connectivity index (χ4v) is 4.29. The first-order valence-corrected chi connectivity index (χ1v) is 11.8. The lowest BCUT2D eigenvalue weighted by molar-refractivity contribution is -0.143. The third-order valence-electron chi connectivity index (χ3n) is 4.94. The molecule has 33 heavy (non-hydrogen) atoms. The summed E-state index contributed by atoms with van der Waals surface area (Å²) in [6.07, 6.45) is -9.76. The number of nitrogens with one attached hydrogen (secondary N) is 1. The maximum absolute atomic E-state index is 13.2. The minimum atomic E-state index is -4.88. The lowest BCUT2D eigenvalue weighted by Crippen LogP contribution is -2.11. The minimum Gasteiger partial charge on any atom is -0.326 e. The molecule has 2 rings (SSSR count). The Balaban J connectivity index is 0.00000265. The average Bonchev–Trinajstić information content (AvgIpc) is 2.71. The average molecular weight is 494 g/mol. The van der Waals surface area contributed by atoms with Crippen LogP contribution in [0.4, 0.5) is 32.0 Å². The second kappa shape index (κ2) is 11.5. The number of hydrogen-bond acceptors (Lipinski definition) is 2. The van der Waals surface area contributed by atoms with Crippen molar-refractivity contribution in [1.82, 2.24) is 0 Å². The van der Waals surface area contributed by atoms with Gasteiger partial charge in [-0.05, 0) is 64.6 Å². The topological polar surface area (TPSA) is 12.0 Å². The number of hydrogen-bond donors (Lipinski definition) is 1. The molecule has 0 aliphatic heterocycles. The molecule has 0 saturated heterocycles. The molecule has 0 bridgehead atoms. The fraction of sp³-hybridized carbons (Fsp3) is 0.520. The van der Waals surface area contributed by atoms with E-state index >= 15 is 0 Å². The molecule has 1 N–H and O–H groups in total. The van der Waals surface area contributed by atoms with Crippen molar-refractivity contribution in [2.45, 2.75) is 90.4 Å². The van der Waals surface area contributed by atoms with E-state index in [-0.39, 0.29) is 23.6 Å². The van der Waals surface area contributed by atoms with Crippen LogP contribution in [0.5, 0.6) is 0 Å². The van der Waals surface area contributed by atoms with Crippen molar-refractivity contribution < 1.29 is 26.3 Å². The highest BCUT2D eigenvalue weighted by Gasteiger charge is 2.37. The quantitative estimate of drug-likeness (QED) is 0.317. The Morgan fingerprint density at radius 3 is 1.33 bits per heavy atom. The van der Waals surface area contributed by atoms with Gasteiger partial charge in [0.15, 0.2) is 0 Å². The summed E-state index contributed by atoms with van der Waals surface area (Å²) in [6, 6.07) is 5.67. The van der Waals surface area contributed by atoms with Gasteiger partial charge >= 0.3 is 12.4 Å². The zero-order chi connectivity index (χ0) is 25.7. The van der Waals surface area contributed by atoms with Crippen LogP contribution in [0.2, 0.25) is 0 Å². The molecule has 0 saturated carbocycles. The van der Waals surface area contributed by atoms with Crippen molar-refractivity contribution in [3.63, 3.8) is 0 Å². The Bertz CT molecular complexity index is 853. The van der Waals surface area contributed by atoms with Crippen LogP contribution in [-0.4, -0.2) is 0 Å². The molecule has 0 fully saturated rings. The van der Waals surface area contributed by atoms with E-state index in [0.29, 0.717) is 18.1 Å². The van der Waals surface area contributed by atoms with Crippen LogP contribution in [-0.2, 0) is 12.4 Å². The molecule has 0 unspecified atom stereocenters. The molecule has 0 aromatic heterocycles. The number of halogens is 6. The zero-order valence-corrected chi connectivity index (χ0v) is 21.1. The lowest BCUT2D eigenvalue weighted by atomic mass is 9.89. The maximum Gasteiger partial charge on any atom is 0.416 e. The van der Waals surface area contributed by atoms with Crippen LogP contribution in [0.25, 0.3) is 0 Å². The van der Waals surface area contributed by atoms with Gasteiger partial charge in [-0.25, -0.2) is 0 Å². The van der Waals surface area contributed by atoms with Crippen LogP contribution in [0, 0.1) is 0 Å². The van der Waals surface area contributed by atoms with Crippen LogP contribution in [0.3, 0.4) is 0 Å². The fourth-order valence-electron chi connectivity index (χ4n) is 3.13. The molecule has 0 heterocycles. The Labute approximate surface area is 197 Å². The SMILES string of the molecule is CC.CC(C)c1cc(C(C)C)c(SNc2cc(C(F)(F)F)cc(C(F)(F)F)c2)c(C(C)C)c1. The van der Waals surface area contributed by atoms with Crippen LogP contribution >= 0.6 is 11.9 Å². The molecule has 0 radical (unpaired) electrons. The zero-order valence-electron chi connectivity index (χ0n) is 20.3. The molecule has 0 spiro atoms. The monoisotopic (exact) mass is 493 g/mol. The Kier molecular flexibility index (Phi) is 10.2. The summed E-state index contributed by atoms with van der Waals surface area (Å²) in [7, 11) is 0. The van der Waals surface area contributed by atoms with Crippen molar-refractivity contribution in [3.8, 4) is 0 Å². The van der Waals surface area contributed by atoms with Gasteiger partial charge in [0.2, 0.25) is 0 Å². The summed E-state index contributed by atoms with van der Waals surface area (Å²) in [5.41, 5.74) is 0.244. The van der Waals surface area contributed by atoms with Crippen molar-refractivity contribution in [3.05, 3.63) is 58.1 Å². The van der Waals surface area contributed by atoms with E-state index in [4.69, 9.17) is 0 Å². The molecule has 2 aromatic rings. The molecular formula is C25H33F6NS. The van der Waals surface area contributed by atoms with Gasteiger partial charge in [-0.3, -0.25) is 0 Å². The number of rotatable bonds is 6. The van der Waals surface area contributed by atoms with Gasteiger partial charge in [0.1, 0.15) is 0 Å². The predicted molar refractivity (Wildman–Crippen MR) is 126 cm³/mol. The van der Waals surface area contributed by atoms with Gasteiger partial charge in [-0.2, -0.15) is 26.3 Å². The molecule has 8 heteroatoms. The molecule has 0 aliphatic rings. The summed E-state index contributed by atoms with van der Waals surface area (Å²) in [5, 5.41) is 0. The highest BCUT2D eigenvalue weighted by atomic mass is 32.2. The van der Waals surface area contributed by atoms with Crippen molar-refractivity contribution >= 4 is 17.6 Å². The molecule has 186 valence electrons. The second-order valence-electron chi connectivity index (χ2n) is 8.49.